The second-order valence-electron chi connectivity index (χ2n) is 3.52. The summed E-state index contributed by atoms with van der Waals surface area (Å²) < 4.78 is 6.60. The van der Waals surface area contributed by atoms with Crippen molar-refractivity contribution in [3.63, 3.8) is 0 Å². The van der Waals surface area contributed by atoms with Crippen LogP contribution in [-0.4, -0.2) is 26.1 Å². The Hall–Kier alpha value is -1.89. The second kappa shape index (κ2) is 4.54. The molecule has 0 aliphatic carbocycles. The van der Waals surface area contributed by atoms with E-state index in [4.69, 9.17) is 4.74 Å². The van der Waals surface area contributed by atoms with Crippen molar-refractivity contribution in [2.24, 2.45) is 0 Å². The normalized spacial score (nSPS) is 11.2. The average Bonchev–Trinajstić information content (AvgIpc) is 2.71. The Morgan fingerprint density at radius 3 is 2.71 bits per heavy atom. The molecule has 2 N–H and O–H groups in total. The number of aromatic nitrogens is 4. The third-order valence-electron chi connectivity index (χ3n) is 2.44. The fourth-order valence-corrected chi connectivity index (χ4v) is 1.65. The highest BCUT2D eigenvalue weighted by molar-refractivity contribution is 5.69. The summed E-state index contributed by atoms with van der Waals surface area (Å²) in [4.78, 5) is 32.4. The van der Waals surface area contributed by atoms with E-state index in [1.807, 2.05) is 13.8 Å². The molecule has 0 amide bonds. The Morgan fingerprint density at radius 1 is 1.29 bits per heavy atom. The first kappa shape index (κ1) is 11.6. The van der Waals surface area contributed by atoms with Crippen molar-refractivity contribution < 1.29 is 4.74 Å². The molecule has 0 aliphatic heterocycles. The molecule has 2 aromatic rings. The number of hydrogen-bond acceptors (Lipinski definition) is 4. The van der Waals surface area contributed by atoms with Crippen LogP contribution in [0.2, 0.25) is 0 Å². The van der Waals surface area contributed by atoms with E-state index in [0.717, 1.165) is 0 Å². The number of aromatic amines is 2. The van der Waals surface area contributed by atoms with Crippen molar-refractivity contribution in [2.45, 2.75) is 27.0 Å². The van der Waals surface area contributed by atoms with Crippen LogP contribution in [0.1, 0.15) is 19.7 Å². The molecule has 92 valence electrons. The van der Waals surface area contributed by atoms with Gasteiger partial charge in [-0.1, -0.05) is 0 Å². The standard InChI is InChI=1S/C10H14N4O3/c1-3-14-8-7(9(15)13-10(14)16)11-6(12-8)5-17-4-2/h3-5H2,1-2H3,(H,11,12)(H,13,15,16). The molecule has 2 heterocycles. The lowest BCUT2D eigenvalue weighted by Crippen LogP contribution is -2.29. The predicted molar refractivity (Wildman–Crippen MR) is 62.0 cm³/mol. The van der Waals surface area contributed by atoms with Gasteiger partial charge < -0.3 is 9.72 Å². The molecule has 0 radical (unpaired) electrons. The van der Waals surface area contributed by atoms with Gasteiger partial charge in [-0.25, -0.2) is 9.78 Å². The van der Waals surface area contributed by atoms with E-state index in [1.54, 1.807) is 0 Å². The SMILES string of the molecule is CCOCc1nc2c([nH]1)c(=O)[nH]c(=O)n2CC. The van der Waals surface area contributed by atoms with Crippen LogP contribution >= 0.6 is 0 Å². The van der Waals surface area contributed by atoms with E-state index in [9.17, 15) is 9.59 Å². The minimum absolute atomic E-state index is 0.294. The number of H-pyrrole nitrogens is 2. The molecular formula is C10H14N4O3. The Labute approximate surface area is 96.5 Å². The maximum atomic E-state index is 11.6. The minimum atomic E-state index is -0.454. The van der Waals surface area contributed by atoms with Crippen molar-refractivity contribution in [1.29, 1.82) is 0 Å². The summed E-state index contributed by atoms with van der Waals surface area (Å²) in [6.07, 6.45) is 0. The molecule has 0 fully saturated rings. The summed E-state index contributed by atoms with van der Waals surface area (Å²) in [6.45, 7) is 5.00. The molecule has 0 saturated carbocycles. The summed E-state index contributed by atoms with van der Waals surface area (Å²) in [5.74, 6) is 0.542. The maximum Gasteiger partial charge on any atom is 0.330 e. The summed E-state index contributed by atoms with van der Waals surface area (Å²) in [5, 5.41) is 0. The number of nitrogens with one attached hydrogen (secondary N) is 2. The lowest BCUT2D eigenvalue weighted by Gasteiger charge is -1.99. The number of nitrogens with zero attached hydrogens (tertiary/aromatic N) is 2. The quantitative estimate of drug-likeness (QED) is 0.782. The monoisotopic (exact) mass is 238 g/mol. The van der Waals surface area contributed by atoms with Gasteiger partial charge in [0.25, 0.3) is 5.56 Å². The van der Waals surface area contributed by atoms with E-state index in [1.165, 1.54) is 4.57 Å². The molecule has 0 atom stereocenters. The van der Waals surface area contributed by atoms with Crippen LogP contribution in [0.25, 0.3) is 11.2 Å². The van der Waals surface area contributed by atoms with Crippen LogP contribution in [-0.2, 0) is 17.9 Å². The second-order valence-corrected chi connectivity index (χ2v) is 3.52. The fraction of sp³-hybridized carbons (Fsp3) is 0.500. The summed E-state index contributed by atoms with van der Waals surface area (Å²) >= 11 is 0. The van der Waals surface area contributed by atoms with E-state index in [-0.39, 0.29) is 0 Å². The van der Waals surface area contributed by atoms with Gasteiger partial charge in [-0.3, -0.25) is 14.3 Å². The van der Waals surface area contributed by atoms with Crippen LogP contribution in [0.15, 0.2) is 9.59 Å². The van der Waals surface area contributed by atoms with E-state index >= 15 is 0 Å². The Morgan fingerprint density at radius 2 is 2.06 bits per heavy atom. The van der Waals surface area contributed by atoms with Crippen molar-refractivity contribution >= 4 is 11.2 Å². The Balaban J connectivity index is 2.62. The molecule has 0 saturated heterocycles. The van der Waals surface area contributed by atoms with E-state index < -0.39 is 11.2 Å². The summed E-state index contributed by atoms with van der Waals surface area (Å²) in [6, 6.07) is 0. The zero-order chi connectivity index (χ0) is 12.4. The highest BCUT2D eigenvalue weighted by Gasteiger charge is 2.11. The molecule has 0 bridgehead atoms. The Bertz CT molecular complexity index is 637. The number of rotatable bonds is 4. The molecular weight excluding hydrogens is 224 g/mol. The molecule has 7 heteroatoms. The van der Waals surface area contributed by atoms with Gasteiger partial charge in [-0.15, -0.1) is 0 Å². The number of fused-ring (bicyclic) bond motifs is 1. The third-order valence-corrected chi connectivity index (χ3v) is 2.44. The van der Waals surface area contributed by atoms with Gasteiger partial charge in [0.1, 0.15) is 17.9 Å². The molecule has 2 aromatic heterocycles. The molecule has 7 nitrogen and oxygen atoms in total. The molecule has 17 heavy (non-hydrogen) atoms. The third kappa shape index (κ3) is 2.01. The van der Waals surface area contributed by atoms with Crippen molar-refractivity contribution in [1.82, 2.24) is 19.5 Å². The number of hydrogen-bond donors (Lipinski definition) is 2. The van der Waals surface area contributed by atoms with Gasteiger partial charge in [0.05, 0.1) is 0 Å². The fourth-order valence-electron chi connectivity index (χ4n) is 1.65. The molecule has 0 aromatic carbocycles. The minimum Gasteiger partial charge on any atom is -0.374 e. The molecule has 0 unspecified atom stereocenters. The highest BCUT2D eigenvalue weighted by Crippen LogP contribution is 2.05. The van der Waals surface area contributed by atoms with Gasteiger partial charge in [0.15, 0.2) is 5.65 Å². The van der Waals surface area contributed by atoms with Crippen LogP contribution in [0.5, 0.6) is 0 Å². The lowest BCUT2D eigenvalue weighted by molar-refractivity contribution is 0.129. The van der Waals surface area contributed by atoms with Crippen LogP contribution in [0.4, 0.5) is 0 Å². The average molecular weight is 238 g/mol. The first-order valence-corrected chi connectivity index (χ1v) is 5.46. The van der Waals surface area contributed by atoms with Gasteiger partial charge in [0.2, 0.25) is 0 Å². The lowest BCUT2D eigenvalue weighted by atomic mass is 10.5. The zero-order valence-electron chi connectivity index (χ0n) is 9.74. The molecule has 0 spiro atoms. The largest absolute Gasteiger partial charge is 0.374 e. The number of imidazole rings is 1. The van der Waals surface area contributed by atoms with Crippen molar-refractivity contribution in [3.8, 4) is 0 Å². The highest BCUT2D eigenvalue weighted by atomic mass is 16.5. The molecule has 0 aliphatic rings. The van der Waals surface area contributed by atoms with Crippen LogP contribution < -0.4 is 11.2 Å². The summed E-state index contributed by atoms with van der Waals surface area (Å²) in [7, 11) is 0. The Kier molecular flexibility index (Phi) is 3.10. The van der Waals surface area contributed by atoms with Gasteiger partial charge >= 0.3 is 5.69 Å². The van der Waals surface area contributed by atoms with Gasteiger partial charge in [-0.2, -0.15) is 0 Å². The smallest absolute Gasteiger partial charge is 0.330 e. The van der Waals surface area contributed by atoms with E-state index in [0.29, 0.717) is 36.7 Å². The van der Waals surface area contributed by atoms with Gasteiger partial charge in [-0.05, 0) is 13.8 Å². The number of aryl methyl sites for hydroxylation is 1. The van der Waals surface area contributed by atoms with Gasteiger partial charge in [0, 0.05) is 13.2 Å². The van der Waals surface area contributed by atoms with E-state index in [2.05, 4.69) is 15.0 Å². The predicted octanol–water partition coefficient (Wildman–Crippen LogP) is -0.0307. The van der Waals surface area contributed by atoms with Crippen molar-refractivity contribution in [2.75, 3.05) is 6.61 Å². The van der Waals surface area contributed by atoms with Crippen LogP contribution in [0.3, 0.4) is 0 Å². The first-order chi connectivity index (χ1) is 8.17. The maximum absolute atomic E-state index is 11.6. The zero-order valence-corrected chi connectivity index (χ0v) is 9.74. The molecule has 2 rings (SSSR count). The summed E-state index contributed by atoms with van der Waals surface area (Å²) in [5.41, 5.74) is -0.221. The first-order valence-electron chi connectivity index (χ1n) is 5.46. The van der Waals surface area contributed by atoms with Crippen molar-refractivity contribution in [3.05, 3.63) is 26.7 Å². The topological polar surface area (TPSA) is 92.8 Å². The van der Waals surface area contributed by atoms with Crippen LogP contribution in [0, 0.1) is 0 Å². The number of ether oxygens (including phenoxy) is 1.